The molecule has 7 nitrogen and oxygen atoms in total. The molecule has 0 saturated carbocycles. The average Bonchev–Trinajstić information content (AvgIpc) is 3.10. The second kappa shape index (κ2) is 10.0. The van der Waals surface area contributed by atoms with Crippen LogP contribution in [0.1, 0.15) is 24.2 Å². The number of amides is 1. The number of hydrogen-bond acceptors (Lipinski definition) is 6. The normalized spacial score (nSPS) is 11.3. The van der Waals surface area contributed by atoms with Gasteiger partial charge in [-0.1, -0.05) is 17.3 Å². The van der Waals surface area contributed by atoms with Gasteiger partial charge in [-0.05, 0) is 32.0 Å². The number of terminal acetylenes is 1. The fourth-order valence-corrected chi connectivity index (χ4v) is 4.10. The van der Waals surface area contributed by atoms with Crippen molar-refractivity contribution in [3.05, 3.63) is 40.7 Å². The topological polar surface area (TPSA) is 71.3 Å². The number of nitrogens with zero attached hydrogens (tertiary/aromatic N) is 2. The summed E-state index contributed by atoms with van der Waals surface area (Å²) < 4.78 is 24.6. The molecule has 0 aliphatic carbocycles. The molecule has 0 fully saturated rings. The van der Waals surface area contributed by atoms with Gasteiger partial charge in [-0.25, -0.2) is 0 Å². The summed E-state index contributed by atoms with van der Waals surface area (Å²) in [5, 5.41) is 0. The average molecular weight is 441 g/mol. The molecule has 1 aromatic heterocycles. The molecule has 0 N–H and O–H groups in total. The molecule has 3 rings (SSSR count). The van der Waals surface area contributed by atoms with E-state index in [2.05, 4.69) is 10.9 Å². The van der Waals surface area contributed by atoms with Gasteiger partial charge in [0.2, 0.25) is 0 Å². The van der Waals surface area contributed by atoms with Crippen LogP contribution in [-0.4, -0.2) is 37.9 Å². The van der Waals surface area contributed by atoms with Gasteiger partial charge in [-0.2, -0.15) is 4.99 Å². The molecule has 1 heterocycles. The Balaban J connectivity index is 2.11. The molecule has 8 heteroatoms. The third-order valence-corrected chi connectivity index (χ3v) is 5.47. The van der Waals surface area contributed by atoms with Crippen molar-refractivity contribution in [1.29, 1.82) is 0 Å². The minimum absolute atomic E-state index is 0.259. The Bertz CT molecular complexity index is 1200. The number of carbonyl (C=O) groups is 1. The quantitative estimate of drug-likeness (QED) is 0.497. The minimum atomic E-state index is -0.403. The van der Waals surface area contributed by atoms with E-state index < -0.39 is 5.91 Å². The maximum Gasteiger partial charge on any atom is 0.279 e. The van der Waals surface area contributed by atoms with Crippen molar-refractivity contribution >= 4 is 27.5 Å². The van der Waals surface area contributed by atoms with E-state index in [0.717, 1.165) is 10.2 Å². The summed E-state index contributed by atoms with van der Waals surface area (Å²) in [6, 6.07) is 8.71. The summed E-state index contributed by atoms with van der Waals surface area (Å²) in [5.74, 6) is 4.48. The first-order valence-corrected chi connectivity index (χ1v) is 10.5. The maximum atomic E-state index is 12.9. The third-order valence-electron chi connectivity index (χ3n) is 4.43. The van der Waals surface area contributed by atoms with Crippen molar-refractivity contribution in [3.8, 4) is 35.3 Å². The van der Waals surface area contributed by atoms with E-state index >= 15 is 0 Å². The number of aromatic nitrogens is 1. The Morgan fingerprint density at radius 2 is 1.71 bits per heavy atom. The number of thiazole rings is 1. The highest BCUT2D eigenvalue weighted by Gasteiger charge is 2.15. The zero-order valence-corrected chi connectivity index (χ0v) is 18.7. The van der Waals surface area contributed by atoms with E-state index in [1.165, 1.54) is 11.3 Å². The van der Waals surface area contributed by atoms with E-state index in [1.807, 2.05) is 26.0 Å². The van der Waals surface area contributed by atoms with E-state index in [-0.39, 0.29) is 6.54 Å². The fraction of sp³-hybridized carbons (Fsp3) is 0.304. The molecule has 3 aromatic rings. The highest BCUT2D eigenvalue weighted by atomic mass is 32.1. The molecule has 162 valence electrons. The minimum Gasteiger partial charge on any atom is -0.493 e. The molecule has 31 heavy (non-hydrogen) atoms. The lowest BCUT2D eigenvalue weighted by molar-refractivity contribution is 0.0997. The van der Waals surface area contributed by atoms with Gasteiger partial charge in [0.1, 0.15) is 0 Å². The molecule has 0 unspecified atom stereocenters. The molecular weight excluding hydrogens is 416 g/mol. The molecule has 0 spiro atoms. The highest BCUT2D eigenvalue weighted by Crippen LogP contribution is 2.33. The number of ether oxygens (including phenoxy) is 4. The van der Waals surface area contributed by atoms with Crippen LogP contribution in [0.4, 0.5) is 0 Å². The largest absolute Gasteiger partial charge is 0.493 e. The monoisotopic (exact) mass is 440 g/mol. The number of hydrogen-bond donors (Lipinski definition) is 0. The van der Waals surface area contributed by atoms with Crippen molar-refractivity contribution in [3.63, 3.8) is 0 Å². The van der Waals surface area contributed by atoms with Crippen LogP contribution >= 0.6 is 11.3 Å². The number of fused-ring (bicyclic) bond motifs is 1. The van der Waals surface area contributed by atoms with Crippen molar-refractivity contribution in [1.82, 2.24) is 4.57 Å². The van der Waals surface area contributed by atoms with Crippen LogP contribution in [0.25, 0.3) is 10.2 Å². The van der Waals surface area contributed by atoms with Gasteiger partial charge in [0.15, 0.2) is 27.8 Å². The lowest BCUT2D eigenvalue weighted by atomic mass is 10.2. The van der Waals surface area contributed by atoms with Crippen molar-refractivity contribution in [2.75, 3.05) is 27.4 Å². The van der Waals surface area contributed by atoms with Crippen molar-refractivity contribution < 1.29 is 23.7 Å². The van der Waals surface area contributed by atoms with E-state index in [4.69, 9.17) is 25.4 Å². The van der Waals surface area contributed by atoms with Gasteiger partial charge in [-0.15, -0.1) is 6.42 Å². The molecule has 2 aromatic carbocycles. The summed E-state index contributed by atoms with van der Waals surface area (Å²) in [5.41, 5.74) is 1.21. The Kier molecular flexibility index (Phi) is 7.21. The van der Waals surface area contributed by atoms with Crippen molar-refractivity contribution in [2.24, 2.45) is 4.99 Å². The molecule has 0 atom stereocenters. The molecule has 0 aliphatic rings. The molecular formula is C23H24N2O5S. The van der Waals surface area contributed by atoms with Gasteiger partial charge in [0.05, 0.1) is 44.2 Å². The van der Waals surface area contributed by atoms with E-state index in [9.17, 15) is 4.79 Å². The number of rotatable bonds is 8. The van der Waals surface area contributed by atoms with Gasteiger partial charge < -0.3 is 23.5 Å². The van der Waals surface area contributed by atoms with Gasteiger partial charge in [0.25, 0.3) is 5.91 Å². The van der Waals surface area contributed by atoms with Crippen molar-refractivity contribution in [2.45, 2.75) is 20.4 Å². The lowest BCUT2D eigenvalue weighted by Gasteiger charge is -2.11. The first-order chi connectivity index (χ1) is 15.1. The predicted octanol–water partition coefficient (Wildman–Crippen LogP) is 3.89. The zero-order valence-electron chi connectivity index (χ0n) is 17.9. The molecule has 0 radical (unpaired) electrons. The van der Waals surface area contributed by atoms with Gasteiger partial charge in [0, 0.05) is 17.7 Å². The maximum absolute atomic E-state index is 12.9. The fourth-order valence-electron chi connectivity index (χ4n) is 3.06. The zero-order chi connectivity index (χ0) is 22.4. The summed E-state index contributed by atoms with van der Waals surface area (Å²) in [4.78, 5) is 17.8. The Morgan fingerprint density at radius 1 is 1.03 bits per heavy atom. The third kappa shape index (κ3) is 4.67. The summed E-state index contributed by atoms with van der Waals surface area (Å²) in [6.45, 7) is 4.97. The van der Waals surface area contributed by atoms with Crippen LogP contribution in [0.5, 0.6) is 23.0 Å². The second-order valence-electron chi connectivity index (χ2n) is 6.29. The van der Waals surface area contributed by atoms with Gasteiger partial charge >= 0.3 is 0 Å². The molecule has 0 saturated heterocycles. The second-order valence-corrected chi connectivity index (χ2v) is 7.30. The van der Waals surface area contributed by atoms with Crippen LogP contribution in [0.3, 0.4) is 0 Å². The van der Waals surface area contributed by atoms with Crippen LogP contribution in [0, 0.1) is 12.3 Å². The predicted molar refractivity (Wildman–Crippen MR) is 120 cm³/mol. The van der Waals surface area contributed by atoms with Crippen LogP contribution in [0.2, 0.25) is 0 Å². The Labute approximate surface area is 184 Å². The van der Waals surface area contributed by atoms with Crippen LogP contribution < -0.4 is 23.7 Å². The first-order valence-electron chi connectivity index (χ1n) is 9.73. The SMILES string of the molecule is C#CCn1c(=NC(=O)c2ccc(OCC)c(OCC)c2)sc2cc(OC)c(OC)cc21. The van der Waals surface area contributed by atoms with E-state index in [0.29, 0.717) is 46.6 Å². The Morgan fingerprint density at radius 3 is 2.35 bits per heavy atom. The smallest absolute Gasteiger partial charge is 0.279 e. The molecule has 0 aliphatic heterocycles. The highest BCUT2D eigenvalue weighted by molar-refractivity contribution is 7.16. The number of methoxy groups -OCH3 is 2. The van der Waals surface area contributed by atoms with Crippen LogP contribution in [-0.2, 0) is 6.54 Å². The number of carbonyl (C=O) groups excluding carboxylic acids is 1. The standard InChI is InChI=1S/C23H24N2O5S/c1-6-11-25-16-13-18(27-4)19(28-5)14-21(16)31-23(25)24-22(26)15-9-10-17(29-7-2)20(12-15)30-8-3/h1,9-10,12-14H,7-8,11H2,2-5H3. The summed E-state index contributed by atoms with van der Waals surface area (Å²) in [6.07, 6.45) is 5.57. The molecule has 0 bridgehead atoms. The summed E-state index contributed by atoms with van der Waals surface area (Å²) in [7, 11) is 3.14. The Hall–Kier alpha value is -3.44. The summed E-state index contributed by atoms with van der Waals surface area (Å²) >= 11 is 1.35. The lowest BCUT2D eigenvalue weighted by Crippen LogP contribution is -2.16. The van der Waals surface area contributed by atoms with Gasteiger partial charge in [-0.3, -0.25) is 4.79 Å². The molecule has 1 amide bonds. The van der Waals surface area contributed by atoms with Crippen LogP contribution in [0.15, 0.2) is 35.3 Å². The van der Waals surface area contributed by atoms with E-state index in [1.54, 1.807) is 37.0 Å². The first kappa shape index (κ1) is 22.2. The number of benzene rings is 2.